The predicted octanol–water partition coefficient (Wildman–Crippen LogP) is 2.81. The van der Waals surface area contributed by atoms with Crippen molar-refractivity contribution in [3.8, 4) is 5.69 Å². The number of aromatic nitrogens is 4. The standard InChI is InChI=1S/C31H27N7O/c1-29(2)26-16-31(27-18-38(19-33-27)25-5-4-12-32-17-25)11-10-23(36-31)14-22-7-6-20(34-22)13-21-8-9-24(35-21)15-30(3,37-26)28(29)39/h4-19,34,37H,1-3H3. The molecule has 0 aromatic carbocycles. The van der Waals surface area contributed by atoms with Gasteiger partial charge in [0.25, 0.3) is 0 Å². The van der Waals surface area contributed by atoms with Crippen molar-refractivity contribution < 1.29 is 4.79 Å². The highest BCUT2D eigenvalue weighted by Gasteiger charge is 2.52. The second kappa shape index (κ2) is 8.07. The Labute approximate surface area is 225 Å². The zero-order chi connectivity index (χ0) is 26.8. The van der Waals surface area contributed by atoms with Gasteiger partial charge in [0.2, 0.25) is 0 Å². The Morgan fingerprint density at radius 1 is 0.949 bits per heavy atom. The summed E-state index contributed by atoms with van der Waals surface area (Å²) in [6.07, 6.45) is 23.2. The number of fused-ring (bicyclic) bond motifs is 6. The molecule has 192 valence electrons. The summed E-state index contributed by atoms with van der Waals surface area (Å²) in [7, 11) is 0. The molecule has 7 heterocycles. The number of imidazole rings is 1. The van der Waals surface area contributed by atoms with E-state index in [0.29, 0.717) is 0 Å². The number of hydrogen-bond donors (Lipinski definition) is 2. The van der Waals surface area contributed by atoms with Gasteiger partial charge < -0.3 is 14.9 Å². The summed E-state index contributed by atoms with van der Waals surface area (Å²) in [6.45, 7) is 5.82. The maximum atomic E-state index is 13.9. The number of nitrogens with one attached hydrogen (secondary N) is 2. The molecule has 2 N–H and O–H groups in total. The maximum absolute atomic E-state index is 13.9. The van der Waals surface area contributed by atoms with E-state index in [1.165, 1.54) is 0 Å². The summed E-state index contributed by atoms with van der Waals surface area (Å²) in [5.41, 5.74) is 2.20. The highest BCUT2D eigenvalue weighted by molar-refractivity contribution is 6.20. The van der Waals surface area contributed by atoms with Gasteiger partial charge in [-0.15, -0.1) is 0 Å². The Balaban J connectivity index is 1.45. The molecule has 8 heteroatoms. The van der Waals surface area contributed by atoms with Crippen molar-refractivity contribution in [3.05, 3.63) is 113 Å². The lowest BCUT2D eigenvalue weighted by molar-refractivity contribution is -0.126. The van der Waals surface area contributed by atoms with Crippen LogP contribution < -0.4 is 16.0 Å². The number of carbonyl (C=O) groups excluding carboxylic acids is 1. The minimum Gasteiger partial charge on any atom is -0.373 e. The first-order chi connectivity index (χ1) is 18.7. The molecule has 1 fully saturated rings. The van der Waals surface area contributed by atoms with Crippen LogP contribution in [-0.4, -0.2) is 42.3 Å². The lowest BCUT2D eigenvalue weighted by atomic mass is 9.79. The van der Waals surface area contributed by atoms with Crippen molar-refractivity contribution in [3.63, 3.8) is 0 Å². The SMILES string of the molecule is CC12C=C3C=CC(=N3)C=c3ccc([nH]3)=CC3=NC(c4cn(-c5cccnc5)cn4)(C=C3)C=C(N1)C(C)(C)C2=O. The van der Waals surface area contributed by atoms with Crippen LogP contribution in [0.3, 0.4) is 0 Å². The Hall–Kier alpha value is -4.85. The van der Waals surface area contributed by atoms with Crippen LogP contribution in [0.5, 0.6) is 0 Å². The lowest BCUT2D eigenvalue weighted by Gasteiger charge is -2.24. The summed E-state index contributed by atoms with van der Waals surface area (Å²) >= 11 is 0. The number of hydrogen-bond acceptors (Lipinski definition) is 6. The van der Waals surface area contributed by atoms with Crippen LogP contribution >= 0.6 is 0 Å². The van der Waals surface area contributed by atoms with Gasteiger partial charge in [-0.25, -0.2) is 9.98 Å². The second-order valence-electron chi connectivity index (χ2n) is 11.0. The molecular formula is C31H27N7O. The van der Waals surface area contributed by atoms with Crippen LogP contribution in [0.1, 0.15) is 26.5 Å². The van der Waals surface area contributed by atoms with Crippen molar-refractivity contribution in [2.24, 2.45) is 15.4 Å². The second-order valence-corrected chi connectivity index (χ2v) is 11.0. The largest absolute Gasteiger partial charge is 0.373 e. The van der Waals surface area contributed by atoms with Crippen molar-refractivity contribution in [1.29, 1.82) is 0 Å². The predicted molar refractivity (Wildman–Crippen MR) is 152 cm³/mol. The van der Waals surface area contributed by atoms with Crippen LogP contribution in [0.2, 0.25) is 0 Å². The molecule has 4 aliphatic heterocycles. The number of ketones is 1. The van der Waals surface area contributed by atoms with Gasteiger partial charge in [0.15, 0.2) is 5.78 Å². The van der Waals surface area contributed by atoms with Crippen molar-refractivity contribution in [2.45, 2.75) is 31.8 Å². The van der Waals surface area contributed by atoms with Gasteiger partial charge in [0.05, 0.1) is 46.4 Å². The van der Waals surface area contributed by atoms with Crippen LogP contribution in [-0.2, 0) is 10.3 Å². The van der Waals surface area contributed by atoms with E-state index < -0.39 is 16.5 Å². The fourth-order valence-electron chi connectivity index (χ4n) is 5.63. The average molecular weight is 514 g/mol. The van der Waals surface area contributed by atoms with E-state index in [2.05, 4.69) is 15.3 Å². The fourth-order valence-corrected chi connectivity index (χ4v) is 5.63. The van der Waals surface area contributed by atoms with Gasteiger partial charge in [-0.1, -0.05) is 0 Å². The number of carbonyl (C=O) groups is 1. The first kappa shape index (κ1) is 23.3. The summed E-state index contributed by atoms with van der Waals surface area (Å²) in [4.78, 5) is 36.2. The zero-order valence-corrected chi connectivity index (χ0v) is 21.9. The van der Waals surface area contributed by atoms with Crippen LogP contribution in [0.25, 0.3) is 17.8 Å². The topological polar surface area (TPSA) is 100 Å². The van der Waals surface area contributed by atoms with Crippen LogP contribution in [0.4, 0.5) is 0 Å². The van der Waals surface area contributed by atoms with Gasteiger partial charge in [0, 0.05) is 28.8 Å². The molecule has 7 rings (SSSR count). The van der Waals surface area contributed by atoms with Gasteiger partial charge >= 0.3 is 0 Å². The third-order valence-electron chi connectivity index (χ3n) is 7.69. The Kier molecular flexibility index (Phi) is 4.82. The molecule has 3 aromatic rings. The number of rotatable bonds is 2. The number of aliphatic imine (C=N–C) groups is 2. The number of allylic oxidation sites excluding steroid dienone is 4. The molecular weight excluding hydrogens is 486 g/mol. The Bertz CT molecular complexity index is 1840. The van der Waals surface area contributed by atoms with Crippen molar-refractivity contribution in [2.75, 3.05) is 0 Å². The van der Waals surface area contributed by atoms with Gasteiger partial charge in [-0.2, -0.15) is 0 Å². The van der Waals surface area contributed by atoms with E-state index >= 15 is 0 Å². The highest BCUT2D eigenvalue weighted by Crippen LogP contribution is 2.44. The zero-order valence-electron chi connectivity index (χ0n) is 21.9. The molecule has 2 atom stereocenters. The van der Waals surface area contributed by atoms with Gasteiger partial charge in [0.1, 0.15) is 11.1 Å². The van der Waals surface area contributed by atoms with Gasteiger partial charge in [-0.05, 0) is 93.6 Å². The molecule has 0 saturated carbocycles. The Morgan fingerprint density at radius 3 is 2.56 bits per heavy atom. The summed E-state index contributed by atoms with van der Waals surface area (Å²) in [5.74, 6) is 0.0708. The van der Waals surface area contributed by atoms with Crippen LogP contribution in [0, 0.1) is 5.41 Å². The quantitative estimate of drug-likeness (QED) is 0.550. The van der Waals surface area contributed by atoms with E-state index in [4.69, 9.17) is 15.0 Å². The molecule has 4 aliphatic rings. The Morgan fingerprint density at radius 2 is 1.77 bits per heavy atom. The molecule has 0 amide bonds. The van der Waals surface area contributed by atoms with E-state index in [1.54, 1.807) is 18.7 Å². The molecule has 8 nitrogen and oxygen atoms in total. The molecule has 1 saturated heterocycles. The third-order valence-corrected chi connectivity index (χ3v) is 7.69. The molecule has 39 heavy (non-hydrogen) atoms. The lowest BCUT2D eigenvalue weighted by Crippen LogP contribution is -2.41. The number of aromatic amines is 1. The molecule has 2 unspecified atom stereocenters. The fraction of sp³-hybridized carbons (Fsp3) is 0.194. The van der Waals surface area contributed by atoms with Gasteiger partial charge in [-0.3, -0.25) is 14.8 Å². The van der Waals surface area contributed by atoms with E-state index in [-0.39, 0.29) is 5.78 Å². The third kappa shape index (κ3) is 3.79. The number of H-pyrrole nitrogens is 1. The van der Waals surface area contributed by atoms with Crippen LogP contribution in [0.15, 0.2) is 107 Å². The van der Waals surface area contributed by atoms with E-state index in [1.807, 2.05) is 104 Å². The maximum Gasteiger partial charge on any atom is 0.173 e. The van der Waals surface area contributed by atoms with Crippen molar-refractivity contribution >= 4 is 29.4 Å². The summed E-state index contributed by atoms with van der Waals surface area (Å²) < 4.78 is 1.93. The molecule has 0 spiro atoms. The average Bonchev–Trinajstić information content (AvgIpc) is 3.73. The smallest absolute Gasteiger partial charge is 0.173 e. The molecule has 0 aliphatic carbocycles. The minimum absolute atomic E-state index is 0.0708. The molecule has 0 radical (unpaired) electrons. The number of nitrogens with zero attached hydrogens (tertiary/aromatic N) is 5. The molecule has 8 bridgehead atoms. The van der Waals surface area contributed by atoms with E-state index in [9.17, 15) is 4.79 Å². The van der Waals surface area contributed by atoms with Crippen molar-refractivity contribution in [1.82, 2.24) is 24.8 Å². The molecule has 3 aromatic heterocycles. The summed E-state index contributed by atoms with van der Waals surface area (Å²) in [5, 5.41) is 5.42. The normalized spacial score (nSPS) is 26.3. The first-order valence-corrected chi connectivity index (χ1v) is 12.9. The first-order valence-electron chi connectivity index (χ1n) is 12.9. The summed E-state index contributed by atoms with van der Waals surface area (Å²) in [6, 6.07) is 7.91. The highest BCUT2D eigenvalue weighted by atomic mass is 16.1. The minimum atomic E-state index is -0.929. The van der Waals surface area contributed by atoms with E-state index in [0.717, 1.165) is 44.9 Å². The monoisotopic (exact) mass is 513 g/mol. The number of pyridine rings is 1. The number of Topliss-reactive ketones (excluding diaryl/α,β-unsaturated/α-hetero) is 1.